The van der Waals surface area contributed by atoms with Crippen LogP contribution in [0.15, 0.2) is 48.5 Å². The molecule has 0 amide bonds. The van der Waals surface area contributed by atoms with Crippen LogP contribution in [0.2, 0.25) is 5.02 Å². The highest BCUT2D eigenvalue weighted by Gasteiger charge is 2.10. The Labute approximate surface area is 140 Å². The first-order chi connectivity index (χ1) is 11.1. The number of rotatable bonds is 6. The van der Waals surface area contributed by atoms with Crippen molar-refractivity contribution in [2.45, 2.75) is 6.61 Å². The fraction of sp³-hybridized carbons (Fsp3) is 0.167. The molecule has 5 heteroatoms. The van der Waals surface area contributed by atoms with Gasteiger partial charge in [0, 0.05) is 6.08 Å². The number of carbonyl (C=O) groups excluding carboxylic acids is 1. The highest BCUT2D eigenvalue weighted by atomic mass is 35.5. The van der Waals surface area contributed by atoms with E-state index in [0.717, 1.165) is 5.56 Å². The van der Waals surface area contributed by atoms with Gasteiger partial charge < -0.3 is 14.2 Å². The highest BCUT2D eigenvalue weighted by Crippen LogP contribution is 2.36. The third-order valence-corrected chi connectivity index (χ3v) is 3.37. The predicted octanol–water partition coefficient (Wildman–Crippen LogP) is 4.11. The number of carbonyl (C=O) groups is 1. The third-order valence-electron chi connectivity index (χ3n) is 3.09. The summed E-state index contributed by atoms with van der Waals surface area (Å²) in [5.41, 5.74) is 1.65. The predicted molar refractivity (Wildman–Crippen MR) is 89.8 cm³/mol. The zero-order chi connectivity index (χ0) is 16.7. The van der Waals surface area contributed by atoms with Crippen LogP contribution < -0.4 is 9.47 Å². The fourth-order valence-electron chi connectivity index (χ4n) is 1.98. The number of esters is 1. The van der Waals surface area contributed by atoms with Gasteiger partial charge in [-0.05, 0) is 29.3 Å². The van der Waals surface area contributed by atoms with Crippen LogP contribution in [0.25, 0.3) is 6.08 Å². The maximum atomic E-state index is 11.8. The Morgan fingerprint density at radius 2 is 1.87 bits per heavy atom. The molecule has 0 radical (unpaired) electrons. The largest absolute Gasteiger partial charge is 0.493 e. The van der Waals surface area contributed by atoms with Crippen molar-refractivity contribution in [2.24, 2.45) is 0 Å². The molecule has 0 aliphatic rings. The third kappa shape index (κ3) is 4.76. The normalized spacial score (nSPS) is 10.6. The number of benzene rings is 2. The summed E-state index contributed by atoms with van der Waals surface area (Å²) in [5.74, 6) is 0.523. The van der Waals surface area contributed by atoms with E-state index in [0.29, 0.717) is 22.1 Å². The Balaban J connectivity index is 2.02. The molecule has 2 aromatic rings. The first kappa shape index (κ1) is 16.9. The van der Waals surface area contributed by atoms with E-state index in [1.807, 2.05) is 30.3 Å². The Morgan fingerprint density at radius 3 is 2.52 bits per heavy atom. The maximum absolute atomic E-state index is 11.8. The maximum Gasteiger partial charge on any atom is 0.331 e. The smallest absolute Gasteiger partial charge is 0.331 e. The summed E-state index contributed by atoms with van der Waals surface area (Å²) in [6.45, 7) is 0.233. The van der Waals surface area contributed by atoms with E-state index in [1.54, 1.807) is 18.2 Å². The van der Waals surface area contributed by atoms with Crippen molar-refractivity contribution >= 4 is 23.6 Å². The van der Waals surface area contributed by atoms with Crippen molar-refractivity contribution in [2.75, 3.05) is 14.2 Å². The van der Waals surface area contributed by atoms with Gasteiger partial charge in [-0.2, -0.15) is 0 Å². The minimum Gasteiger partial charge on any atom is -0.493 e. The minimum atomic E-state index is -0.431. The van der Waals surface area contributed by atoms with Crippen LogP contribution in [-0.4, -0.2) is 20.2 Å². The van der Waals surface area contributed by atoms with Gasteiger partial charge >= 0.3 is 5.97 Å². The quantitative estimate of drug-likeness (QED) is 0.590. The molecule has 0 heterocycles. The number of halogens is 1. The molecule has 0 fully saturated rings. The van der Waals surface area contributed by atoms with Crippen molar-refractivity contribution in [1.29, 1.82) is 0 Å². The van der Waals surface area contributed by atoms with Gasteiger partial charge in [0.05, 0.1) is 19.2 Å². The summed E-state index contributed by atoms with van der Waals surface area (Å²) in [7, 11) is 3.04. The highest BCUT2D eigenvalue weighted by molar-refractivity contribution is 6.32. The van der Waals surface area contributed by atoms with Crippen molar-refractivity contribution < 1.29 is 19.0 Å². The Morgan fingerprint density at radius 1 is 1.13 bits per heavy atom. The topological polar surface area (TPSA) is 44.8 Å². The summed E-state index contributed by atoms with van der Waals surface area (Å²) < 4.78 is 15.5. The molecule has 4 nitrogen and oxygen atoms in total. The molecule has 0 aliphatic carbocycles. The summed E-state index contributed by atoms with van der Waals surface area (Å²) in [6, 6.07) is 12.9. The standard InChI is InChI=1S/C18H17ClO4/c1-21-16-11-14(10-15(19)18(16)22-2)8-9-17(20)23-12-13-6-4-3-5-7-13/h3-11H,12H2,1-2H3/b9-8+. The molecule has 0 atom stereocenters. The van der Waals surface area contributed by atoms with Crippen molar-refractivity contribution in [3.05, 3.63) is 64.7 Å². The second-order valence-corrected chi connectivity index (χ2v) is 5.07. The lowest BCUT2D eigenvalue weighted by Gasteiger charge is -2.10. The Bertz CT molecular complexity index is 696. The average Bonchev–Trinajstić information content (AvgIpc) is 2.58. The lowest BCUT2D eigenvalue weighted by molar-refractivity contribution is -0.138. The van der Waals surface area contributed by atoms with E-state index >= 15 is 0 Å². The number of ether oxygens (including phenoxy) is 3. The van der Waals surface area contributed by atoms with Crippen LogP contribution in [0.4, 0.5) is 0 Å². The van der Waals surface area contributed by atoms with Gasteiger partial charge in [-0.3, -0.25) is 0 Å². The average molecular weight is 333 g/mol. The van der Waals surface area contributed by atoms with E-state index in [4.69, 9.17) is 25.8 Å². The monoisotopic (exact) mass is 332 g/mol. The number of hydrogen-bond acceptors (Lipinski definition) is 4. The SMILES string of the molecule is COc1cc(/C=C/C(=O)OCc2ccccc2)cc(Cl)c1OC. The zero-order valence-electron chi connectivity index (χ0n) is 12.9. The number of hydrogen-bond donors (Lipinski definition) is 0. The van der Waals surface area contributed by atoms with Gasteiger partial charge in [0.1, 0.15) is 6.61 Å². The van der Waals surface area contributed by atoms with Gasteiger partial charge in [-0.25, -0.2) is 4.79 Å². The summed E-state index contributed by atoms with van der Waals surface area (Å²) in [4.78, 5) is 11.8. The van der Waals surface area contributed by atoms with Crippen molar-refractivity contribution in [3.63, 3.8) is 0 Å². The molecule has 120 valence electrons. The van der Waals surface area contributed by atoms with E-state index in [1.165, 1.54) is 20.3 Å². The van der Waals surface area contributed by atoms with E-state index < -0.39 is 5.97 Å². The van der Waals surface area contributed by atoms with Crippen LogP contribution in [0, 0.1) is 0 Å². The zero-order valence-corrected chi connectivity index (χ0v) is 13.7. The molecule has 0 aliphatic heterocycles. The van der Waals surface area contributed by atoms with Crippen LogP contribution in [0.1, 0.15) is 11.1 Å². The summed E-state index contributed by atoms with van der Waals surface area (Å²) >= 11 is 6.11. The summed E-state index contributed by atoms with van der Waals surface area (Å²) in [5, 5.41) is 0.407. The fourth-order valence-corrected chi connectivity index (χ4v) is 2.27. The molecule has 0 saturated carbocycles. The summed E-state index contributed by atoms with van der Waals surface area (Å²) in [6.07, 6.45) is 2.96. The lowest BCUT2D eigenvalue weighted by Crippen LogP contribution is -2.00. The van der Waals surface area contributed by atoms with Gasteiger partial charge in [-0.1, -0.05) is 41.9 Å². The van der Waals surface area contributed by atoms with Crippen LogP contribution >= 0.6 is 11.6 Å². The van der Waals surface area contributed by atoms with Crippen molar-refractivity contribution in [1.82, 2.24) is 0 Å². The van der Waals surface area contributed by atoms with Gasteiger partial charge in [-0.15, -0.1) is 0 Å². The molecule has 0 spiro atoms. The minimum absolute atomic E-state index is 0.233. The molecule has 0 saturated heterocycles. The van der Waals surface area contributed by atoms with Crippen molar-refractivity contribution in [3.8, 4) is 11.5 Å². The Kier molecular flexibility index (Phi) is 6.06. The van der Waals surface area contributed by atoms with Crippen LogP contribution in [0.5, 0.6) is 11.5 Å². The lowest BCUT2D eigenvalue weighted by atomic mass is 10.2. The van der Waals surface area contributed by atoms with E-state index in [9.17, 15) is 4.79 Å². The second-order valence-electron chi connectivity index (χ2n) is 4.66. The van der Waals surface area contributed by atoms with Gasteiger partial charge in [0.2, 0.25) is 0 Å². The molecule has 0 aromatic heterocycles. The van der Waals surface area contributed by atoms with E-state index in [-0.39, 0.29) is 6.61 Å². The second kappa shape index (κ2) is 8.25. The first-order valence-corrected chi connectivity index (χ1v) is 7.32. The first-order valence-electron chi connectivity index (χ1n) is 6.94. The van der Waals surface area contributed by atoms with Crippen LogP contribution in [-0.2, 0) is 16.1 Å². The van der Waals surface area contributed by atoms with Gasteiger partial charge in [0.15, 0.2) is 11.5 Å². The van der Waals surface area contributed by atoms with Crippen LogP contribution in [0.3, 0.4) is 0 Å². The van der Waals surface area contributed by atoms with E-state index in [2.05, 4.69) is 0 Å². The number of methoxy groups -OCH3 is 2. The molecule has 2 rings (SSSR count). The molecule has 2 aromatic carbocycles. The van der Waals surface area contributed by atoms with Gasteiger partial charge in [0.25, 0.3) is 0 Å². The Hall–Kier alpha value is -2.46. The molecular formula is C18H17ClO4. The molecule has 0 unspecified atom stereocenters. The molecular weight excluding hydrogens is 316 g/mol. The molecule has 0 bridgehead atoms. The molecule has 23 heavy (non-hydrogen) atoms. The molecule has 0 N–H and O–H groups in total.